The molecule has 0 amide bonds. The monoisotopic (exact) mass is 358 g/mol. The molecule has 2 N–H and O–H groups in total. The molecule has 2 aliphatic rings. The summed E-state index contributed by atoms with van der Waals surface area (Å²) in [5, 5.41) is 18.7. The van der Waals surface area contributed by atoms with Crippen molar-refractivity contribution >= 4 is 10.0 Å². The maximum atomic E-state index is 14.0. The number of rotatable bonds is 3. The van der Waals surface area contributed by atoms with Crippen molar-refractivity contribution in [2.75, 3.05) is 13.2 Å². The molecule has 1 aromatic carbocycles. The highest BCUT2D eigenvalue weighted by atomic mass is 32.2. The molecule has 1 aliphatic heterocycles. The zero-order valence-corrected chi connectivity index (χ0v) is 13.4. The third-order valence-corrected chi connectivity index (χ3v) is 6.46. The molecule has 1 aliphatic carbocycles. The summed E-state index contributed by atoms with van der Waals surface area (Å²) in [6.45, 7) is 0.795. The summed E-state index contributed by atoms with van der Waals surface area (Å²) in [4.78, 5) is -1.11. The lowest BCUT2D eigenvalue weighted by atomic mass is 9.58. The van der Waals surface area contributed by atoms with Gasteiger partial charge in [-0.3, -0.25) is 0 Å². The molecule has 0 unspecified atom stereocenters. The Morgan fingerprint density at radius 1 is 1.29 bits per heavy atom. The van der Waals surface area contributed by atoms with Gasteiger partial charge in [0.25, 0.3) is 0 Å². The van der Waals surface area contributed by atoms with E-state index in [1.165, 1.54) is 0 Å². The number of sulfonamides is 1. The molecular formula is C15H16F2N2O4S. The SMILES string of the molecule is N#Cc1cc(F)c(S(=O)(=O)N[C@@H]2C[C@@H](O)C23CCOCC3)c(F)c1. The molecule has 0 bridgehead atoms. The lowest BCUT2D eigenvalue weighted by molar-refractivity contribution is -0.143. The van der Waals surface area contributed by atoms with Crippen molar-refractivity contribution in [3.8, 4) is 6.07 Å². The van der Waals surface area contributed by atoms with Gasteiger partial charge in [0.05, 0.1) is 17.7 Å². The number of nitrogens with zero attached hydrogens (tertiary/aromatic N) is 1. The number of hydrogen-bond donors (Lipinski definition) is 2. The Hall–Kier alpha value is -1.60. The van der Waals surface area contributed by atoms with E-state index in [0.29, 0.717) is 38.2 Å². The van der Waals surface area contributed by atoms with Crippen LogP contribution in [-0.4, -0.2) is 38.9 Å². The Morgan fingerprint density at radius 3 is 2.38 bits per heavy atom. The van der Waals surface area contributed by atoms with Crippen LogP contribution in [0.3, 0.4) is 0 Å². The minimum absolute atomic E-state index is 0.179. The second-order valence-electron chi connectivity index (χ2n) is 6.15. The average Bonchev–Trinajstić information content (AvgIpc) is 2.54. The zero-order chi connectivity index (χ0) is 17.5. The summed E-state index contributed by atoms with van der Waals surface area (Å²) in [7, 11) is -4.47. The Balaban J connectivity index is 1.89. The van der Waals surface area contributed by atoms with E-state index in [2.05, 4.69) is 4.72 Å². The van der Waals surface area contributed by atoms with Crippen molar-refractivity contribution in [2.45, 2.75) is 36.3 Å². The number of nitrogens with one attached hydrogen (secondary N) is 1. The van der Waals surface area contributed by atoms with Crippen LogP contribution >= 0.6 is 0 Å². The Bertz CT molecular complexity index is 777. The van der Waals surface area contributed by atoms with Crippen molar-refractivity contribution in [1.29, 1.82) is 5.26 Å². The quantitative estimate of drug-likeness (QED) is 0.841. The molecule has 1 saturated heterocycles. The standard InChI is InChI=1S/C15H16F2N2O4S/c16-10-5-9(8-18)6-11(17)14(10)24(21,22)19-12-7-13(20)15(12)1-3-23-4-2-15/h5-6,12-13,19-20H,1-4,7H2/t12-,13-/m1/s1. The van der Waals surface area contributed by atoms with Crippen LogP contribution in [-0.2, 0) is 14.8 Å². The second-order valence-corrected chi connectivity index (χ2v) is 7.80. The van der Waals surface area contributed by atoms with Crippen LogP contribution in [0.4, 0.5) is 8.78 Å². The first kappa shape index (κ1) is 17.2. The summed E-state index contributed by atoms with van der Waals surface area (Å²) in [6.07, 6.45) is 0.447. The lowest BCUT2D eigenvalue weighted by Gasteiger charge is -2.55. The van der Waals surface area contributed by atoms with E-state index >= 15 is 0 Å². The van der Waals surface area contributed by atoms with Gasteiger partial charge >= 0.3 is 0 Å². The van der Waals surface area contributed by atoms with Crippen LogP contribution in [0.2, 0.25) is 0 Å². The van der Waals surface area contributed by atoms with E-state index in [9.17, 15) is 22.3 Å². The highest BCUT2D eigenvalue weighted by Gasteiger charge is 2.56. The summed E-state index contributed by atoms with van der Waals surface area (Å²) < 4.78 is 60.4. The number of hydrogen-bond acceptors (Lipinski definition) is 5. The first-order valence-corrected chi connectivity index (χ1v) is 8.96. The first-order chi connectivity index (χ1) is 11.3. The molecule has 1 saturated carbocycles. The summed E-state index contributed by atoms with van der Waals surface area (Å²) in [5.74, 6) is -2.64. The normalized spacial score (nSPS) is 25.9. The van der Waals surface area contributed by atoms with Gasteiger partial charge in [0.1, 0.15) is 11.6 Å². The molecule has 130 valence electrons. The third kappa shape index (κ3) is 2.69. The van der Waals surface area contributed by atoms with E-state index in [0.717, 1.165) is 0 Å². The van der Waals surface area contributed by atoms with Crippen molar-refractivity contribution in [2.24, 2.45) is 5.41 Å². The topological polar surface area (TPSA) is 99.4 Å². The predicted molar refractivity (Wildman–Crippen MR) is 78.3 cm³/mol. The molecule has 1 spiro atoms. The number of halogens is 2. The van der Waals surface area contributed by atoms with Crippen LogP contribution < -0.4 is 4.72 Å². The van der Waals surface area contributed by atoms with Crippen LogP contribution in [0.15, 0.2) is 17.0 Å². The maximum Gasteiger partial charge on any atom is 0.246 e. The molecule has 0 aromatic heterocycles. The molecule has 3 rings (SSSR count). The number of aliphatic hydroxyl groups excluding tert-OH is 1. The summed E-state index contributed by atoms with van der Waals surface area (Å²) in [6, 6.07) is 2.30. The largest absolute Gasteiger partial charge is 0.392 e. The number of benzene rings is 1. The molecule has 1 aromatic rings. The fourth-order valence-corrected chi connectivity index (χ4v) is 4.95. The Kier molecular flexibility index (Phi) is 4.34. The van der Waals surface area contributed by atoms with E-state index in [-0.39, 0.29) is 12.0 Å². The van der Waals surface area contributed by atoms with E-state index in [1.54, 1.807) is 6.07 Å². The van der Waals surface area contributed by atoms with E-state index in [1.807, 2.05) is 0 Å². The van der Waals surface area contributed by atoms with Gasteiger partial charge in [0.2, 0.25) is 10.0 Å². The molecule has 0 radical (unpaired) electrons. The van der Waals surface area contributed by atoms with Crippen molar-refractivity contribution in [3.05, 3.63) is 29.3 Å². The van der Waals surface area contributed by atoms with Gasteiger partial charge < -0.3 is 9.84 Å². The Labute approximate surface area is 138 Å². The molecular weight excluding hydrogens is 342 g/mol. The molecule has 9 heteroatoms. The van der Waals surface area contributed by atoms with Crippen molar-refractivity contribution < 1.29 is 27.0 Å². The second kappa shape index (κ2) is 6.04. The molecule has 24 heavy (non-hydrogen) atoms. The van der Waals surface area contributed by atoms with Crippen LogP contribution in [0.5, 0.6) is 0 Å². The smallest absolute Gasteiger partial charge is 0.246 e. The summed E-state index contributed by atoms with van der Waals surface area (Å²) in [5.41, 5.74) is -0.964. The predicted octanol–water partition coefficient (Wildman–Crippen LogP) is 1.04. The summed E-state index contributed by atoms with van der Waals surface area (Å²) >= 11 is 0. The average molecular weight is 358 g/mol. The molecule has 6 nitrogen and oxygen atoms in total. The number of aliphatic hydroxyl groups is 1. The van der Waals surface area contributed by atoms with Gasteiger partial charge in [-0.15, -0.1) is 0 Å². The molecule has 1 heterocycles. The maximum absolute atomic E-state index is 14.0. The van der Waals surface area contributed by atoms with Gasteiger partial charge in [-0.2, -0.15) is 5.26 Å². The first-order valence-electron chi connectivity index (χ1n) is 7.47. The minimum Gasteiger partial charge on any atom is -0.392 e. The number of nitriles is 1. The molecule has 2 fully saturated rings. The van der Waals surface area contributed by atoms with Crippen molar-refractivity contribution in [3.63, 3.8) is 0 Å². The van der Waals surface area contributed by atoms with Crippen molar-refractivity contribution in [1.82, 2.24) is 4.72 Å². The zero-order valence-electron chi connectivity index (χ0n) is 12.6. The Morgan fingerprint density at radius 2 is 1.88 bits per heavy atom. The van der Waals surface area contributed by atoms with Gasteiger partial charge in [-0.05, 0) is 31.4 Å². The highest BCUT2D eigenvalue weighted by molar-refractivity contribution is 7.89. The minimum atomic E-state index is -4.47. The van der Waals surface area contributed by atoms with Gasteiger partial charge in [-0.1, -0.05) is 0 Å². The number of ether oxygens (including phenoxy) is 1. The lowest BCUT2D eigenvalue weighted by Crippen LogP contribution is -2.65. The van der Waals surface area contributed by atoms with Gasteiger partial charge in [-0.25, -0.2) is 21.9 Å². The fraction of sp³-hybridized carbons (Fsp3) is 0.533. The van der Waals surface area contributed by atoms with Crippen LogP contribution in [0.1, 0.15) is 24.8 Å². The third-order valence-electron chi connectivity index (χ3n) is 4.93. The van der Waals surface area contributed by atoms with Gasteiger partial charge in [0, 0.05) is 24.7 Å². The van der Waals surface area contributed by atoms with Crippen LogP contribution in [0, 0.1) is 28.4 Å². The molecule has 2 atom stereocenters. The van der Waals surface area contributed by atoms with E-state index < -0.39 is 44.1 Å². The highest BCUT2D eigenvalue weighted by Crippen LogP contribution is 2.49. The van der Waals surface area contributed by atoms with Crippen LogP contribution in [0.25, 0.3) is 0 Å². The van der Waals surface area contributed by atoms with E-state index in [4.69, 9.17) is 10.00 Å². The fourth-order valence-electron chi connectivity index (χ4n) is 3.49. The van der Waals surface area contributed by atoms with Gasteiger partial charge in [0.15, 0.2) is 4.90 Å².